The van der Waals surface area contributed by atoms with Gasteiger partial charge >= 0.3 is 0 Å². The molecule has 0 aromatic heterocycles. The highest BCUT2D eigenvalue weighted by Gasteiger charge is 1.94. The van der Waals surface area contributed by atoms with Crippen molar-refractivity contribution in [2.75, 3.05) is 14.2 Å². The van der Waals surface area contributed by atoms with Crippen molar-refractivity contribution in [2.45, 2.75) is 19.6 Å². The maximum atomic E-state index is 4.94. The minimum absolute atomic E-state index is 0.236. The average Bonchev–Trinajstić information content (AvgIpc) is 1.72. The Kier molecular flexibility index (Phi) is 4.04. The maximum Gasteiger partial charge on any atom is 0.107 e. The van der Waals surface area contributed by atoms with Gasteiger partial charge in [-0.1, -0.05) is 6.92 Å². The summed E-state index contributed by atoms with van der Waals surface area (Å²) in [5.74, 6) is 0. The first kappa shape index (κ1) is 6.92. The van der Waals surface area contributed by atoms with E-state index in [4.69, 9.17) is 4.74 Å². The molecule has 0 bridgehead atoms. The zero-order chi connectivity index (χ0) is 5.70. The second-order valence-electron chi connectivity index (χ2n) is 1.42. The molecule has 7 heavy (non-hydrogen) atoms. The van der Waals surface area contributed by atoms with Crippen LogP contribution in [0.3, 0.4) is 0 Å². The molecule has 0 aliphatic heterocycles. The molecule has 0 fully saturated rings. The molecule has 1 unspecified atom stereocenters. The van der Waals surface area contributed by atoms with Gasteiger partial charge in [0.1, 0.15) is 6.23 Å². The SMILES string of the molecule is CCC(NC)OC. The van der Waals surface area contributed by atoms with Gasteiger partial charge in [-0.2, -0.15) is 0 Å². The fraction of sp³-hybridized carbons (Fsp3) is 1.00. The summed E-state index contributed by atoms with van der Waals surface area (Å²) in [5.41, 5.74) is 0. The Morgan fingerprint density at radius 2 is 2.29 bits per heavy atom. The molecule has 0 saturated heterocycles. The fourth-order valence-electron chi connectivity index (χ4n) is 0.489. The molecule has 0 rings (SSSR count). The Morgan fingerprint density at radius 1 is 1.71 bits per heavy atom. The smallest absolute Gasteiger partial charge is 0.107 e. The van der Waals surface area contributed by atoms with Crippen LogP contribution in [0.2, 0.25) is 0 Å². The molecule has 0 aliphatic rings. The molecule has 0 aliphatic carbocycles. The van der Waals surface area contributed by atoms with E-state index in [1.807, 2.05) is 7.05 Å². The molecule has 0 amide bonds. The number of nitrogens with one attached hydrogen (secondary N) is 1. The van der Waals surface area contributed by atoms with Crippen LogP contribution in [-0.4, -0.2) is 20.4 Å². The molecule has 0 spiro atoms. The molecule has 0 heterocycles. The minimum Gasteiger partial charge on any atom is -0.367 e. The fourth-order valence-corrected chi connectivity index (χ4v) is 0.489. The summed E-state index contributed by atoms with van der Waals surface area (Å²) in [5, 5.41) is 2.98. The van der Waals surface area contributed by atoms with E-state index >= 15 is 0 Å². The average molecular weight is 103 g/mol. The number of methoxy groups -OCH3 is 1. The number of rotatable bonds is 3. The monoisotopic (exact) mass is 103 g/mol. The van der Waals surface area contributed by atoms with Crippen molar-refractivity contribution in [1.29, 1.82) is 0 Å². The van der Waals surface area contributed by atoms with Crippen LogP contribution in [-0.2, 0) is 4.74 Å². The van der Waals surface area contributed by atoms with Gasteiger partial charge < -0.3 is 4.74 Å². The van der Waals surface area contributed by atoms with Gasteiger partial charge in [0.15, 0.2) is 0 Å². The highest BCUT2D eigenvalue weighted by Crippen LogP contribution is 1.86. The second-order valence-corrected chi connectivity index (χ2v) is 1.42. The number of hydrogen-bond donors (Lipinski definition) is 1. The lowest BCUT2D eigenvalue weighted by Crippen LogP contribution is -2.25. The normalized spacial score (nSPS) is 14.1. The Bertz CT molecular complexity index is 29.6. The van der Waals surface area contributed by atoms with E-state index in [0.717, 1.165) is 6.42 Å². The second kappa shape index (κ2) is 4.09. The number of hydrogen-bond acceptors (Lipinski definition) is 2. The first-order valence-corrected chi connectivity index (χ1v) is 2.55. The van der Waals surface area contributed by atoms with Crippen LogP contribution >= 0.6 is 0 Å². The zero-order valence-corrected chi connectivity index (χ0v) is 5.19. The van der Waals surface area contributed by atoms with Gasteiger partial charge in [0.2, 0.25) is 0 Å². The zero-order valence-electron chi connectivity index (χ0n) is 5.19. The summed E-state index contributed by atoms with van der Waals surface area (Å²) in [6, 6.07) is 0. The van der Waals surface area contributed by atoms with Crippen LogP contribution in [0, 0.1) is 0 Å². The molecule has 1 N–H and O–H groups in total. The van der Waals surface area contributed by atoms with Gasteiger partial charge in [-0.25, -0.2) is 0 Å². The van der Waals surface area contributed by atoms with Crippen molar-refractivity contribution >= 4 is 0 Å². The summed E-state index contributed by atoms with van der Waals surface area (Å²) in [6.45, 7) is 2.07. The highest BCUT2D eigenvalue weighted by atomic mass is 16.5. The molecule has 2 heteroatoms. The molecule has 2 nitrogen and oxygen atoms in total. The first-order valence-electron chi connectivity index (χ1n) is 2.55. The highest BCUT2D eigenvalue weighted by molar-refractivity contribution is 4.42. The molecule has 44 valence electrons. The van der Waals surface area contributed by atoms with E-state index in [9.17, 15) is 0 Å². The quantitative estimate of drug-likeness (QED) is 0.528. The summed E-state index contributed by atoms with van der Waals surface area (Å²) < 4.78 is 4.94. The molecule has 0 saturated carbocycles. The van der Waals surface area contributed by atoms with Gasteiger partial charge in [0.25, 0.3) is 0 Å². The Hall–Kier alpha value is -0.0800. The van der Waals surface area contributed by atoms with Crippen LogP contribution in [0.15, 0.2) is 0 Å². The van der Waals surface area contributed by atoms with Gasteiger partial charge in [0, 0.05) is 7.11 Å². The predicted molar refractivity (Wildman–Crippen MR) is 30.1 cm³/mol. The van der Waals surface area contributed by atoms with E-state index in [1.54, 1.807) is 7.11 Å². The van der Waals surface area contributed by atoms with Crippen molar-refractivity contribution < 1.29 is 4.74 Å². The van der Waals surface area contributed by atoms with Gasteiger partial charge in [-0.05, 0) is 13.5 Å². The third-order valence-electron chi connectivity index (χ3n) is 0.977. The van der Waals surface area contributed by atoms with Crippen LogP contribution in [0.5, 0.6) is 0 Å². The lowest BCUT2D eigenvalue weighted by molar-refractivity contribution is 0.0778. The first-order chi connectivity index (χ1) is 3.35. The lowest BCUT2D eigenvalue weighted by atomic mass is 10.4. The van der Waals surface area contributed by atoms with Gasteiger partial charge in [0.05, 0.1) is 0 Å². The minimum atomic E-state index is 0.236. The molecule has 0 radical (unpaired) electrons. The van der Waals surface area contributed by atoms with Gasteiger partial charge in [-0.15, -0.1) is 0 Å². The van der Waals surface area contributed by atoms with Crippen LogP contribution < -0.4 is 5.32 Å². The Labute approximate surface area is 44.9 Å². The van der Waals surface area contributed by atoms with Gasteiger partial charge in [-0.3, -0.25) is 5.32 Å². The van der Waals surface area contributed by atoms with E-state index in [2.05, 4.69) is 12.2 Å². The van der Waals surface area contributed by atoms with Crippen LogP contribution in [0.1, 0.15) is 13.3 Å². The lowest BCUT2D eigenvalue weighted by Gasteiger charge is -2.09. The molecule has 0 aromatic carbocycles. The Morgan fingerprint density at radius 3 is 2.29 bits per heavy atom. The molecular formula is C5H13NO. The number of ether oxygens (including phenoxy) is 1. The summed E-state index contributed by atoms with van der Waals surface area (Å²) in [7, 11) is 3.59. The topological polar surface area (TPSA) is 21.3 Å². The summed E-state index contributed by atoms with van der Waals surface area (Å²) in [4.78, 5) is 0. The Balaban J connectivity index is 2.99. The van der Waals surface area contributed by atoms with E-state index in [1.165, 1.54) is 0 Å². The van der Waals surface area contributed by atoms with Crippen molar-refractivity contribution in [3.8, 4) is 0 Å². The largest absolute Gasteiger partial charge is 0.367 e. The van der Waals surface area contributed by atoms with Crippen molar-refractivity contribution in [1.82, 2.24) is 5.32 Å². The van der Waals surface area contributed by atoms with Crippen molar-refractivity contribution in [3.63, 3.8) is 0 Å². The van der Waals surface area contributed by atoms with E-state index < -0.39 is 0 Å². The van der Waals surface area contributed by atoms with Crippen LogP contribution in [0.4, 0.5) is 0 Å². The van der Waals surface area contributed by atoms with E-state index in [-0.39, 0.29) is 6.23 Å². The molecule has 1 atom stereocenters. The van der Waals surface area contributed by atoms with Crippen molar-refractivity contribution in [3.05, 3.63) is 0 Å². The van der Waals surface area contributed by atoms with E-state index in [0.29, 0.717) is 0 Å². The third kappa shape index (κ3) is 2.60. The van der Waals surface area contributed by atoms with Crippen molar-refractivity contribution in [2.24, 2.45) is 0 Å². The standard InChI is InChI=1S/C5H13NO/c1-4-5(6-2)7-3/h5-6H,4H2,1-3H3. The maximum absolute atomic E-state index is 4.94. The summed E-state index contributed by atoms with van der Waals surface area (Å²) >= 11 is 0. The predicted octanol–water partition coefficient (Wildman–Crippen LogP) is 0.588. The van der Waals surface area contributed by atoms with Crippen LogP contribution in [0.25, 0.3) is 0 Å². The molecule has 0 aromatic rings. The summed E-state index contributed by atoms with van der Waals surface area (Å²) in [6.07, 6.45) is 1.26. The third-order valence-corrected chi connectivity index (χ3v) is 0.977. The molecular weight excluding hydrogens is 90.1 g/mol.